The van der Waals surface area contributed by atoms with Gasteiger partial charge in [-0.25, -0.2) is 0 Å². The fraction of sp³-hybridized carbons (Fsp3) is 1.00. The molecule has 0 radical (unpaired) electrons. The molecule has 0 aliphatic carbocycles. The van der Waals surface area contributed by atoms with Crippen LogP contribution in [0.3, 0.4) is 0 Å². The molecule has 0 aromatic heterocycles. The molecular formula is C10H23NO3. The number of rotatable bonds is 7. The summed E-state index contributed by atoms with van der Waals surface area (Å²) >= 11 is 0. The van der Waals surface area contributed by atoms with Gasteiger partial charge in [0.15, 0.2) is 6.29 Å². The molecule has 1 atom stereocenters. The maximum absolute atomic E-state index is 8.50. The molecule has 0 fully saturated rings. The van der Waals surface area contributed by atoms with Gasteiger partial charge in [-0.15, -0.1) is 0 Å². The van der Waals surface area contributed by atoms with Gasteiger partial charge in [0, 0.05) is 12.1 Å². The van der Waals surface area contributed by atoms with Gasteiger partial charge in [0.05, 0.1) is 19.8 Å². The Balaban J connectivity index is 3.27. The monoisotopic (exact) mass is 205 g/mol. The van der Waals surface area contributed by atoms with Crippen molar-refractivity contribution in [3.63, 3.8) is 0 Å². The molecule has 0 aromatic rings. The lowest BCUT2D eigenvalue weighted by molar-refractivity contribution is -0.135. The van der Waals surface area contributed by atoms with Crippen LogP contribution in [0.25, 0.3) is 0 Å². The Labute approximate surface area is 86.6 Å². The summed E-state index contributed by atoms with van der Waals surface area (Å²) < 4.78 is 10.5. The number of aliphatic hydroxyl groups is 1. The van der Waals surface area contributed by atoms with Gasteiger partial charge >= 0.3 is 0 Å². The van der Waals surface area contributed by atoms with Crippen LogP contribution in [0.5, 0.6) is 0 Å². The Hall–Kier alpha value is -0.160. The Bertz CT molecular complexity index is 134. The van der Waals surface area contributed by atoms with Gasteiger partial charge in [-0.2, -0.15) is 0 Å². The van der Waals surface area contributed by atoms with E-state index in [9.17, 15) is 0 Å². The first kappa shape index (κ1) is 13.8. The van der Waals surface area contributed by atoms with Crippen molar-refractivity contribution in [2.24, 2.45) is 0 Å². The molecular weight excluding hydrogens is 182 g/mol. The van der Waals surface area contributed by atoms with Crippen molar-refractivity contribution in [3.8, 4) is 0 Å². The lowest BCUT2D eigenvalue weighted by atomic mass is 10.1. The van der Waals surface area contributed by atoms with E-state index >= 15 is 0 Å². The van der Waals surface area contributed by atoms with E-state index in [-0.39, 0.29) is 18.4 Å². The summed E-state index contributed by atoms with van der Waals surface area (Å²) in [5, 5.41) is 11.8. The van der Waals surface area contributed by atoms with Gasteiger partial charge in [0.25, 0.3) is 0 Å². The topological polar surface area (TPSA) is 50.7 Å². The molecule has 0 aliphatic heterocycles. The van der Waals surface area contributed by atoms with Crippen molar-refractivity contribution in [1.82, 2.24) is 5.32 Å². The highest BCUT2D eigenvalue weighted by molar-refractivity contribution is 4.69. The summed E-state index contributed by atoms with van der Waals surface area (Å²) in [5.41, 5.74) is 0.124. The van der Waals surface area contributed by atoms with Crippen LogP contribution in [0.1, 0.15) is 27.7 Å². The molecule has 0 aliphatic rings. The molecule has 4 heteroatoms. The Morgan fingerprint density at radius 2 is 1.79 bits per heavy atom. The molecule has 0 bridgehead atoms. The van der Waals surface area contributed by atoms with Gasteiger partial charge in [-0.05, 0) is 27.7 Å². The standard InChI is InChI=1S/C10H23NO3/c1-9(14-8-6-12)13-7-5-11-10(2,3)4/h9,11-12H,5-8H2,1-4H3. The maximum Gasteiger partial charge on any atom is 0.154 e. The molecule has 1 unspecified atom stereocenters. The summed E-state index contributed by atoms with van der Waals surface area (Å²) in [5.74, 6) is 0. The van der Waals surface area contributed by atoms with Gasteiger partial charge < -0.3 is 19.9 Å². The van der Waals surface area contributed by atoms with E-state index in [0.717, 1.165) is 6.54 Å². The SMILES string of the molecule is CC(OCCO)OCCNC(C)(C)C. The van der Waals surface area contributed by atoms with E-state index in [4.69, 9.17) is 14.6 Å². The molecule has 0 saturated heterocycles. The first-order chi connectivity index (χ1) is 6.45. The molecule has 2 N–H and O–H groups in total. The molecule has 0 amide bonds. The lowest BCUT2D eigenvalue weighted by Crippen LogP contribution is -2.38. The van der Waals surface area contributed by atoms with Crippen molar-refractivity contribution in [2.75, 3.05) is 26.4 Å². The summed E-state index contributed by atoms with van der Waals surface area (Å²) in [6.45, 7) is 9.94. The molecule has 0 aromatic carbocycles. The second-order valence-electron chi connectivity index (χ2n) is 4.21. The molecule has 4 nitrogen and oxygen atoms in total. The molecule has 86 valence electrons. The summed E-state index contributed by atoms with van der Waals surface area (Å²) in [4.78, 5) is 0. The highest BCUT2D eigenvalue weighted by Crippen LogP contribution is 1.98. The van der Waals surface area contributed by atoms with Gasteiger partial charge in [-0.3, -0.25) is 0 Å². The minimum absolute atomic E-state index is 0.0357. The average Bonchev–Trinajstić information content (AvgIpc) is 2.07. The number of hydrogen-bond donors (Lipinski definition) is 2. The molecule has 0 heterocycles. The summed E-state index contributed by atoms with van der Waals surface area (Å²) in [7, 11) is 0. The van der Waals surface area contributed by atoms with Gasteiger partial charge in [-0.1, -0.05) is 0 Å². The summed E-state index contributed by atoms with van der Waals surface area (Å²) in [6.07, 6.45) is -0.246. The van der Waals surface area contributed by atoms with E-state index in [1.165, 1.54) is 0 Å². The van der Waals surface area contributed by atoms with Crippen LogP contribution in [0.2, 0.25) is 0 Å². The lowest BCUT2D eigenvalue weighted by Gasteiger charge is -2.21. The first-order valence-electron chi connectivity index (χ1n) is 5.05. The zero-order valence-electron chi connectivity index (χ0n) is 9.67. The van der Waals surface area contributed by atoms with E-state index in [0.29, 0.717) is 13.2 Å². The largest absolute Gasteiger partial charge is 0.394 e. The van der Waals surface area contributed by atoms with Crippen LogP contribution in [-0.4, -0.2) is 43.3 Å². The van der Waals surface area contributed by atoms with Crippen LogP contribution < -0.4 is 5.32 Å². The van der Waals surface area contributed by atoms with Crippen LogP contribution in [0.15, 0.2) is 0 Å². The zero-order valence-corrected chi connectivity index (χ0v) is 9.67. The third kappa shape index (κ3) is 9.92. The number of ether oxygens (including phenoxy) is 2. The number of aliphatic hydroxyl groups excluding tert-OH is 1. The predicted molar refractivity (Wildman–Crippen MR) is 56.2 cm³/mol. The van der Waals surface area contributed by atoms with Gasteiger partial charge in [0.1, 0.15) is 0 Å². The van der Waals surface area contributed by atoms with Gasteiger partial charge in [0.2, 0.25) is 0 Å². The van der Waals surface area contributed by atoms with E-state index in [2.05, 4.69) is 26.1 Å². The van der Waals surface area contributed by atoms with Crippen molar-refractivity contribution in [1.29, 1.82) is 0 Å². The summed E-state index contributed by atoms with van der Waals surface area (Å²) in [6, 6.07) is 0. The molecule has 0 spiro atoms. The van der Waals surface area contributed by atoms with Crippen LogP contribution in [-0.2, 0) is 9.47 Å². The third-order valence-corrected chi connectivity index (χ3v) is 1.55. The molecule has 0 saturated carbocycles. The minimum Gasteiger partial charge on any atom is -0.394 e. The predicted octanol–water partition coefficient (Wildman–Crippen LogP) is 0.746. The second-order valence-corrected chi connectivity index (χ2v) is 4.21. The Kier molecular flexibility index (Phi) is 7.09. The Morgan fingerprint density at radius 3 is 2.29 bits per heavy atom. The third-order valence-electron chi connectivity index (χ3n) is 1.55. The highest BCUT2D eigenvalue weighted by atomic mass is 16.7. The number of nitrogens with one attached hydrogen (secondary N) is 1. The zero-order chi connectivity index (χ0) is 11.0. The highest BCUT2D eigenvalue weighted by Gasteiger charge is 2.08. The maximum atomic E-state index is 8.50. The van der Waals surface area contributed by atoms with E-state index in [1.807, 2.05) is 6.92 Å². The van der Waals surface area contributed by atoms with Crippen molar-refractivity contribution >= 4 is 0 Å². The Morgan fingerprint density at radius 1 is 1.21 bits per heavy atom. The van der Waals surface area contributed by atoms with E-state index in [1.54, 1.807) is 0 Å². The van der Waals surface area contributed by atoms with Crippen molar-refractivity contribution in [2.45, 2.75) is 39.5 Å². The molecule has 14 heavy (non-hydrogen) atoms. The minimum atomic E-state index is -0.246. The van der Waals surface area contributed by atoms with E-state index < -0.39 is 0 Å². The van der Waals surface area contributed by atoms with Crippen molar-refractivity contribution in [3.05, 3.63) is 0 Å². The van der Waals surface area contributed by atoms with Crippen LogP contribution in [0.4, 0.5) is 0 Å². The smallest absolute Gasteiger partial charge is 0.154 e. The van der Waals surface area contributed by atoms with Crippen molar-refractivity contribution < 1.29 is 14.6 Å². The quantitative estimate of drug-likeness (QED) is 0.475. The first-order valence-corrected chi connectivity index (χ1v) is 5.05. The second kappa shape index (κ2) is 7.17. The number of hydrogen-bond acceptors (Lipinski definition) is 4. The van der Waals surface area contributed by atoms with Crippen LogP contribution in [0, 0.1) is 0 Å². The average molecular weight is 205 g/mol. The molecule has 0 rings (SSSR count). The normalized spacial score (nSPS) is 14.4. The van der Waals surface area contributed by atoms with Crippen LogP contribution >= 0.6 is 0 Å². The fourth-order valence-corrected chi connectivity index (χ4v) is 0.918. The fourth-order valence-electron chi connectivity index (χ4n) is 0.918.